The average Bonchev–Trinajstić information content (AvgIpc) is 2.35. The summed E-state index contributed by atoms with van der Waals surface area (Å²) in [5.41, 5.74) is 0. The molecule has 1 nitrogen and oxygen atoms in total. The molecule has 0 saturated carbocycles. The van der Waals surface area contributed by atoms with Gasteiger partial charge < -0.3 is 0 Å². The van der Waals surface area contributed by atoms with Crippen LogP contribution in [-0.4, -0.2) is 4.21 Å². The molecule has 0 radical (unpaired) electrons. The fraction of sp³-hybridized carbons (Fsp3) is 0. The van der Waals surface area contributed by atoms with Crippen molar-refractivity contribution in [2.75, 3.05) is 0 Å². The van der Waals surface area contributed by atoms with E-state index in [1.807, 2.05) is 60.7 Å². The molecule has 0 fully saturated rings. The maximum atomic E-state index is 8.78. The Kier molecular flexibility index (Phi) is 12.4. The van der Waals surface area contributed by atoms with Crippen LogP contribution in [-0.2, 0) is 26.4 Å². The first-order valence-corrected chi connectivity index (χ1v) is 6.61. The third-order valence-corrected chi connectivity index (χ3v) is 1.21. The van der Waals surface area contributed by atoms with Crippen molar-refractivity contribution in [3.05, 3.63) is 72.8 Å². The van der Waals surface area contributed by atoms with Crippen LogP contribution in [0, 0.1) is 12.1 Å². The summed E-state index contributed by atoms with van der Waals surface area (Å²) in [5, 5.41) is 0. The van der Waals surface area contributed by atoms with Crippen molar-refractivity contribution >= 4 is 8.98 Å². The second-order valence-corrected chi connectivity index (χ2v) is 3.09. The number of benzene rings is 2. The summed E-state index contributed by atoms with van der Waals surface area (Å²) < 4.78 is 8.78. The summed E-state index contributed by atoms with van der Waals surface area (Å²) in [6.45, 7) is 0. The van der Waals surface area contributed by atoms with Crippen molar-refractivity contribution in [3.63, 3.8) is 0 Å². The van der Waals surface area contributed by atoms with E-state index in [1.54, 1.807) is 0 Å². The molecule has 0 aromatic heterocycles. The van der Waals surface area contributed by atoms with E-state index < -0.39 is 0 Å². The third kappa shape index (κ3) is 13.1. The van der Waals surface area contributed by atoms with Crippen LogP contribution >= 0.6 is 0 Å². The Bertz CT molecular complexity index is 260. The van der Waals surface area contributed by atoms with Gasteiger partial charge in [0.25, 0.3) is 0 Å². The zero-order chi connectivity index (χ0) is 11.2. The summed E-state index contributed by atoms with van der Waals surface area (Å²) in [6.07, 6.45) is 0. The van der Waals surface area contributed by atoms with Gasteiger partial charge in [-0.25, -0.2) is 0 Å². The molecule has 0 unspecified atom stereocenters. The van der Waals surface area contributed by atoms with Crippen LogP contribution in [0.25, 0.3) is 0 Å². The molecule has 0 bridgehead atoms. The zero-order valence-electron chi connectivity index (χ0n) is 7.91. The maximum absolute atomic E-state index is 8.78. The van der Waals surface area contributed by atoms with Gasteiger partial charge in [-0.05, 0) is 0 Å². The van der Waals surface area contributed by atoms with Crippen molar-refractivity contribution < 1.29 is 21.6 Å². The van der Waals surface area contributed by atoms with Crippen LogP contribution in [0.3, 0.4) is 0 Å². The number of rotatable bonds is 0. The molecule has 3 heteroatoms. The molecule has 0 N–H and O–H groups in total. The van der Waals surface area contributed by atoms with Crippen LogP contribution in [0.15, 0.2) is 60.7 Å². The molecule has 0 spiro atoms. The molecule has 15 heavy (non-hydrogen) atoms. The molecular formula is C12H10OPdS-2. The van der Waals surface area contributed by atoms with Gasteiger partial charge in [-0.1, -0.05) is 0 Å². The standard InChI is InChI=1S/2C6H5.OS.Pd/c2*1-2-4-6-5-3-1;1-2;/h2*1-5H;;/q2*-1;;. The second kappa shape index (κ2) is 13.1. The first kappa shape index (κ1) is 14.1. The van der Waals surface area contributed by atoms with E-state index in [2.05, 4.69) is 29.5 Å². The van der Waals surface area contributed by atoms with E-state index in [0.29, 0.717) is 8.98 Å². The van der Waals surface area contributed by atoms with Gasteiger partial charge in [-0.15, -0.1) is 0 Å². The molecule has 0 aliphatic heterocycles. The summed E-state index contributed by atoms with van der Waals surface area (Å²) in [4.78, 5) is 0. The number of hydrogen-bond donors (Lipinski definition) is 0. The minimum Gasteiger partial charge on any atom is -0.184 e. The van der Waals surface area contributed by atoms with Gasteiger partial charge in [0.1, 0.15) is 0 Å². The molecule has 0 heterocycles. The van der Waals surface area contributed by atoms with Gasteiger partial charge in [-0.3, -0.25) is 0 Å². The van der Waals surface area contributed by atoms with Gasteiger partial charge in [0.05, 0.1) is 0 Å². The van der Waals surface area contributed by atoms with Crippen LogP contribution in [0.2, 0.25) is 0 Å². The maximum Gasteiger partial charge on any atom is -0.171 e. The Morgan fingerprint density at radius 2 is 1.00 bits per heavy atom. The Hall–Kier alpha value is -0.878. The van der Waals surface area contributed by atoms with Crippen molar-refractivity contribution in [1.29, 1.82) is 0 Å². The van der Waals surface area contributed by atoms with Gasteiger partial charge in [0.2, 0.25) is 0 Å². The van der Waals surface area contributed by atoms with Crippen molar-refractivity contribution in [2.24, 2.45) is 0 Å². The van der Waals surface area contributed by atoms with Crippen molar-refractivity contribution in [3.8, 4) is 0 Å². The van der Waals surface area contributed by atoms with E-state index in [1.165, 1.54) is 0 Å². The SMILES string of the molecule is O=[S]=[Pd].[c-]1ccccc1.[c-]1ccccc1. The fourth-order valence-electron chi connectivity index (χ4n) is 0.684. The largest absolute Gasteiger partial charge is 0.184 e. The van der Waals surface area contributed by atoms with E-state index >= 15 is 0 Å². The summed E-state index contributed by atoms with van der Waals surface area (Å²) in [6, 6.07) is 25.0. The van der Waals surface area contributed by atoms with E-state index in [9.17, 15) is 0 Å². The molecule has 82 valence electrons. The minimum atomic E-state index is 0.350. The molecule has 2 rings (SSSR count). The van der Waals surface area contributed by atoms with Gasteiger partial charge in [0, 0.05) is 0 Å². The number of hydrogen-bond acceptors (Lipinski definition) is 1. The van der Waals surface area contributed by atoms with Gasteiger partial charge >= 0.3 is 30.6 Å². The molecule has 2 aromatic carbocycles. The predicted molar refractivity (Wildman–Crippen MR) is 58.7 cm³/mol. The summed E-state index contributed by atoms with van der Waals surface area (Å²) >= 11 is 2.30. The van der Waals surface area contributed by atoms with E-state index in [-0.39, 0.29) is 0 Å². The topological polar surface area (TPSA) is 17.1 Å². The molecule has 0 atom stereocenters. The Morgan fingerprint density at radius 1 is 0.733 bits per heavy atom. The summed E-state index contributed by atoms with van der Waals surface area (Å²) in [5.74, 6) is 0. The van der Waals surface area contributed by atoms with Crippen LogP contribution in [0.1, 0.15) is 0 Å². The molecular weight excluding hydrogens is 299 g/mol. The molecule has 0 aliphatic rings. The first-order chi connectivity index (χ1) is 7.41. The van der Waals surface area contributed by atoms with Gasteiger partial charge in [0.15, 0.2) is 0 Å². The van der Waals surface area contributed by atoms with Crippen molar-refractivity contribution in [2.45, 2.75) is 0 Å². The molecule has 0 aliphatic carbocycles. The predicted octanol–water partition coefficient (Wildman–Crippen LogP) is 2.63. The average molecular weight is 309 g/mol. The van der Waals surface area contributed by atoms with Crippen LogP contribution in [0.5, 0.6) is 0 Å². The van der Waals surface area contributed by atoms with E-state index in [4.69, 9.17) is 4.21 Å². The Labute approximate surface area is 103 Å². The normalized spacial score (nSPS) is 7.33. The smallest absolute Gasteiger partial charge is 0.171 e. The molecule has 2 aromatic rings. The fourth-order valence-corrected chi connectivity index (χ4v) is 0.684. The van der Waals surface area contributed by atoms with Crippen LogP contribution < -0.4 is 0 Å². The van der Waals surface area contributed by atoms with Crippen molar-refractivity contribution in [1.82, 2.24) is 0 Å². The Morgan fingerprint density at radius 3 is 1.07 bits per heavy atom. The first-order valence-electron chi connectivity index (χ1n) is 4.12. The van der Waals surface area contributed by atoms with E-state index in [0.717, 1.165) is 0 Å². The summed E-state index contributed by atoms with van der Waals surface area (Å²) in [7, 11) is 0.350. The minimum absolute atomic E-state index is 0.350. The van der Waals surface area contributed by atoms with Gasteiger partial charge in [-0.2, -0.15) is 72.8 Å². The molecule has 0 amide bonds. The monoisotopic (exact) mass is 308 g/mol. The molecule has 0 saturated heterocycles. The van der Waals surface area contributed by atoms with Crippen LogP contribution in [0.4, 0.5) is 0 Å². The second-order valence-electron chi connectivity index (χ2n) is 2.21. The Balaban J connectivity index is 0.000000210. The zero-order valence-corrected chi connectivity index (χ0v) is 10.3. The quantitative estimate of drug-likeness (QED) is 0.540. The third-order valence-electron chi connectivity index (χ3n) is 1.21.